The number of piperazine rings is 1. The van der Waals surface area contributed by atoms with Crippen LogP contribution in [-0.2, 0) is 9.59 Å². The molecule has 0 aromatic heterocycles. The largest absolute Gasteiger partial charge is 0.345 e. The highest BCUT2D eigenvalue weighted by molar-refractivity contribution is 5.95. The zero-order chi connectivity index (χ0) is 13.9. The minimum absolute atomic E-state index is 0.0110. The van der Waals surface area contributed by atoms with E-state index in [4.69, 9.17) is 0 Å². The Balaban J connectivity index is 2.34. The van der Waals surface area contributed by atoms with Crippen LogP contribution in [0.1, 0.15) is 41.5 Å². The van der Waals surface area contributed by atoms with E-state index in [2.05, 4.69) is 33.0 Å². The molecule has 4 nitrogen and oxygen atoms in total. The smallest absolute Gasteiger partial charge is 0.243 e. The lowest BCUT2D eigenvalue weighted by atomic mass is 9.98. The van der Waals surface area contributed by atoms with E-state index >= 15 is 0 Å². The number of hydrogen-bond donors (Lipinski definition) is 1. The molecule has 1 saturated carbocycles. The number of nitrogens with one attached hydrogen (secondary N) is 1. The van der Waals surface area contributed by atoms with Crippen LogP contribution >= 0.6 is 0 Å². The molecule has 2 fully saturated rings. The third-order valence-electron chi connectivity index (χ3n) is 5.12. The molecule has 2 rings (SSSR count). The molecular weight excluding hydrogens is 228 g/mol. The van der Waals surface area contributed by atoms with E-state index in [0.29, 0.717) is 0 Å². The van der Waals surface area contributed by atoms with Gasteiger partial charge in [0.15, 0.2) is 0 Å². The van der Waals surface area contributed by atoms with Crippen molar-refractivity contribution in [1.82, 2.24) is 10.2 Å². The van der Waals surface area contributed by atoms with Crippen molar-refractivity contribution < 1.29 is 9.59 Å². The maximum Gasteiger partial charge on any atom is 0.243 e. The van der Waals surface area contributed by atoms with Crippen LogP contribution in [0.3, 0.4) is 0 Å². The van der Waals surface area contributed by atoms with Crippen LogP contribution in [0.2, 0.25) is 0 Å². The predicted octanol–water partition coefficient (Wildman–Crippen LogP) is 1.40. The monoisotopic (exact) mass is 252 g/mol. The Hall–Kier alpha value is -1.06. The van der Waals surface area contributed by atoms with Gasteiger partial charge >= 0.3 is 0 Å². The molecule has 0 bridgehead atoms. The van der Waals surface area contributed by atoms with Crippen LogP contribution in [0.15, 0.2) is 0 Å². The van der Waals surface area contributed by atoms with Crippen molar-refractivity contribution in [2.24, 2.45) is 16.7 Å². The fourth-order valence-electron chi connectivity index (χ4n) is 3.43. The van der Waals surface area contributed by atoms with Crippen LogP contribution in [0, 0.1) is 16.7 Å². The average Bonchev–Trinajstić information content (AvgIpc) is 2.61. The number of carbonyl (C=O) groups is 2. The van der Waals surface area contributed by atoms with Gasteiger partial charge in [-0.05, 0) is 16.7 Å². The van der Waals surface area contributed by atoms with E-state index in [0.717, 1.165) is 0 Å². The molecule has 1 aliphatic carbocycles. The van der Waals surface area contributed by atoms with Gasteiger partial charge in [-0.3, -0.25) is 9.59 Å². The fraction of sp³-hybridized carbons (Fsp3) is 0.857. The number of hydrogen-bond acceptors (Lipinski definition) is 2. The normalized spacial score (nSPS) is 30.6. The van der Waals surface area contributed by atoms with E-state index in [-0.39, 0.29) is 47.2 Å². The standard InChI is InChI=1S/C14H24N2O2/c1-8(2)10-11(18)15-7-9(17)16(10)12-13(3,4)14(12,5)6/h8,10,12H,7H2,1-6H3,(H,15,18). The number of amides is 2. The van der Waals surface area contributed by atoms with Crippen molar-refractivity contribution >= 4 is 11.8 Å². The second-order valence-electron chi connectivity index (χ2n) is 7.05. The van der Waals surface area contributed by atoms with E-state index in [1.807, 2.05) is 18.7 Å². The summed E-state index contributed by atoms with van der Waals surface area (Å²) < 4.78 is 0. The summed E-state index contributed by atoms with van der Waals surface area (Å²) in [7, 11) is 0. The van der Waals surface area contributed by atoms with Crippen molar-refractivity contribution in [1.29, 1.82) is 0 Å². The van der Waals surface area contributed by atoms with Gasteiger partial charge in [-0.15, -0.1) is 0 Å². The first-order chi connectivity index (χ1) is 8.12. The molecule has 4 heteroatoms. The van der Waals surface area contributed by atoms with Gasteiger partial charge in [0, 0.05) is 6.04 Å². The molecule has 0 spiro atoms. The third-order valence-corrected chi connectivity index (χ3v) is 5.12. The third kappa shape index (κ3) is 1.57. The second-order valence-corrected chi connectivity index (χ2v) is 7.05. The van der Waals surface area contributed by atoms with Crippen LogP contribution in [-0.4, -0.2) is 35.3 Å². The molecule has 1 heterocycles. The Morgan fingerprint density at radius 1 is 1.17 bits per heavy atom. The zero-order valence-corrected chi connectivity index (χ0v) is 12.2. The molecule has 2 aliphatic rings. The average molecular weight is 252 g/mol. The van der Waals surface area contributed by atoms with E-state index in [9.17, 15) is 9.59 Å². The highest BCUT2D eigenvalue weighted by Crippen LogP contribution is 2.65. The molecule has 2 amide bonds. The summed E-state index contributed by atoms with van der Waals surface area (Å²) in [5.74, 6) is 0.182. The Labute approximate surface area is 109 Å². The van der Waals surface area contributed by atoms with E-state index in [1.54, 1.807) is 0 Å². The van der Waals surface area contributed by atoms with Crippen molar-refractivity contribution in [3.8, 4) is 0 Å². The Bertz CT molecular complexity index is 385. The fourth-order valence-corrected chi connectivity index (χ4v) is 3.43. The van der Waals surface area contributed by atoms with Gasteiger partial charge in [-0.25, -0.2) is 0 Å². The molecule has 0 aromatic rings. The zero-order valence-electron chi connectivity index (χ0n) is 12.2. The highest BCUT2D eigenvalue weighted by atomic mass is 16.2. The van der Waals surface area contributed by atoms with E-state index < -0.39 is 0 Å². The summed E-state index contributed by atoms with van der Waals surface area (Å²) in [5, 5.41) is 2.70. The molecule has 1 atom stereocenters. The molecule has 18 heavy (non-hydrogen) atoms. The first kappa shape index (κ1) is 13.4. The lowest BCUT2D eigenvalue weighted by Gasteiger charge is -2.38. The van der Waals surface area contributed by atoms with Crippen LogP contribution in [0.25, 0.3) is 0 Å². The second kappa shape index (κ2) is 3.72. The van der Waals surface area contributed by atoms with Crippen molar-refractivity contribution in [2.45, 2.75) is 53.6 Å². The maximum atomic E-state index is 12.2. The van der Waals surface area contributed by atoms with Gasteiger partial charge in [-0.2, -0.15) is 0 Å². The number of nitrogens with zero attached hydrogens (tertiary/aromatic N) is 1. The molecule has 0 radical (unpaired) electrons. The first-order valence-electron chi connectivity index (χ1n) is 6.71. The van der Waals surface area contributed by atoms with Gasteiger partial charge in [0.05, 0.1) is 6.54 Å². The summed E-state index contributed by atoms with van der Waals surface area (Å²) in [6.45, 7) is 12.8. The van der Waals surface area contributed by atoms with Crippen LogP contribution in [0.4, 0.5) is 0 Å². The van der Waals surface area contributed by atoms with Crippen molar-refractivity contribution in [2.75, 3.05) is 6.54 Å². The minimum Gasteiger partial charge on any atom is -0.345 e. The molecule has 1 N–H and O–H groups in total. The van der Waals surface area contributed by atoms with Crippen molar-refractivity contribution in [3.05, 3.63) is 0 Å². The van der Waals surface area contributed by atoms with Gasteiger partial charge < -0.3 is 10.2 Å². The van der Waals surface area contributed by atoms with Crippen LogP contribution in [0.5, 0.6) is 0 Å². The molecule has 102 valence electrons. The SMILES string of the molecule is CC(C)C1C(=O)NCC(=O)N1C1C(C)(C)C1(C)C. The lowest BCUT2D eigenvalue weighted by molar-refractivity contribution is -0.149. The number of carbonyl (C=O) groups excluding carboxylic acids is 2. The molecular formula is C14H24N2O2. The number of rotatable bonds is 2. The Morgan fingerprint density at radius 2 is 1.67 bits per heavy atom. The topological polar surface area (TPSA) is 49.4 Å². The van der Waals surface area contributed by atoms with Gasteiger partial charge in [0.25, 0.3) is 0 Å². The minimum atomic E-state index is -0.322. The molecule has 1 aliphatic heterocycles. The summed E-state index contributed by atoms with van der Waals surface area (Å²) in [4.78, 5) is 26.1. The Kier molecular flexibility index (Phi) is 2.76. The lowest BCUT2D eigenvalue weighted by Crippen LogP contribution is -2.61. The summed E-state index contributed by atoms with van der Waals surface area (Å²) >= 11 is 0. The molecule has 0 aromatic carbocycles. The summed E-state index contributed by atoms with van der Waals surface area (Å²) in [6.07, 6.45) is 0. The predicted molar refractivity (Wildman–Crippen MR) is 69.8 cm³/mol. The quantitative estimate of drug-likeness (QED) is 0.807. The first-order valence-corrected chi connectivity index (χ1v) is 6.71. The van der Waals surface area contributed by atoms with Gasteiger partial charge in [0.1, 0.15) is 6.04 Å². The maximum absolute atomic E-state index is 12.2. The van der Waals surface area contributed by atoms with Crippen LogP contribution < -0.4 is 5.32 Å². The summed E-state index contributed by atoms with van der Waals surface area (Å²) in [6, 6.07) is -0.159. The van der Waals surface area contributed by atoms with Crippen molar-refractivity contribution in [3.63, 3.8) is 0 Å². The highest BCUT2D eigenvalue weighted by Gasteiger charge is 2.69. The molecule has 1 unspecified atom stereocenters. The summed E-state index contributed by atoms with van der Waals surface area (Å²) in [5.41, 5.74) is 0.154. The van der Waals surface area contributed by atoms with Gasteiger partial charge in [0.2, 0.25) is 11.8 Å². The van der Waals surface area contributed by atoms with Gasteiger partial charge in [-0.1, -0.05) is 41.5 Å². The van der Waals surface area contributed by atoms with E-state index in [1.165, 1.54) is 0 Å². The molecule has 1 saturated heterocycles. The Morgan fingerprint density at radius 3 is 2.06 bits per heavy atom.